The number of aliphatic hydroxyl groups is 1. The first kappa shape index (κ1) is 26.9. The maximum Gasteiger partial charge on any atom is 0.420 e. The minimum Gasteiger partial charge on any atom is -0.386 e. The Balaban J connectivity index is 1.47. The predicted octanol–water partition coefficient (Wildman–Crippen LogP) is 1.62. The summed E-state index contributed by atoms with van der Waals surface area (Å²) in [5, 5.41) is 16.8. The number of nitrogens with two attached hydrogens (primary N) is 1. The van der Waals surface area contributed by atoms with Crippen LogP contribution in [-0.4, -0.2) is 67.6 Å². The first-order valence-corrected chi connectivity index (χ1v) is 13.3. The van der Waals surface area contributed by atoms with Gasteiger partial charge in [0.05, 0.1) is 16.8 Å². The van der Waals surface area contributed by atoms with Crippen molar-refractivity contribution in [1.82, 2.24) is 29.0 Å². The van der Waals surface area contributed by atoms with Crippen LogP contribution in [0.15, 0.2) is 29.7 Å². The van der Waals surface area contributed by atoms with Crippen LogP contribution in [0.1, 0.15) is 36.4 Å². The van der Waals surface area contributed by atoms with E-state index >= 15 is 0 Å². The zero-order valence-electron chi connectivity index (χ0n) is 19.4. The van der Waals surface area contributed by atoms with Gasteiger partial charge in [-0.3, -0.25) is 9.48 Å². The third kappa shape index (κ3) is 6.06. The fraction of sp³-hybridized carbons (Fsp3) is 0.450. The molecule has 1 amide bonds. The highest BCUT2D eigenvalue weighted by Gasteiger charge is 2.36. The number of hydrogen-bond donors (Lipinski definition) is 3. The fourth-order valence-corrected chi connectivity index (χ4v) is 6.02. The maximum atomic E-state index is 13.6. The van der Waals surface area contributed by atoms with Crippen molar-refractivity contribution >= 4 is 33.2 Å². The van der Waals surface area contributed by atoms with E-state index in [1.54, 1.807) is 0 Å². The number of piperidine rings is 1. The number of aromatic nitrogens is 5. The Morgan fingerprint density at radius 1 is 1.27 bits per heavy atom. The van der Waals surface area contributed by atoms with Gasteiger partial charge < -0.3 is 16.2 Å². The Kier molecular flexibility index (Phi) is 7.50. The summed E-state index contributed by atoms with van der Waals surface area (Å²) in [6, 6.07) is -0.289. The van der Waals surface area contributed by atoms with Crippen molar-refractivity contribution in [3.05, 3.63) is 35.4 Å². The average molecular weight is 561 g/mol. The molecule has 0 radical (unpaired) electrons. The second kappa shape index (κ2) is 10.3. The lowest BCUT2D eigenvalue weighted by molar-refractivity contribution is -0.137. The molecule has 3 aromatic heterocycles. The van der Waals surface area contributed by atoms with Crippen LogP contribution in [0.3, 0.4) is 0 Å². The number of anilines is 1. The average Bonchev–Trinajstić information content (AvgIpc) is 3.49. The van der Waals surface area contributed by atoms with Gasteiger partial charge >= 0.3 is 6.18 Å². The molecule has 37 heavy (non-hydrogen) atoms. The highest BCUT2D eigenvalue weighted by molar-refractivity contribution is 7.89. The van der Waals surface area contributed by atoms with E-state index in [9.17, 15) is 31.5 Å². The van der Waals surface area contributed by atoms with Crippen LogP contribution in [0.4, 0.5) is 19.1 Å². The van der Waals surface area contributed by atoms with E-state index in [1.807, 2.05) is 0 Å². The number of sulfonamides is 1. The van der Waals surface area contributed by atoms with E-state index in [1.165, 1.54) is 23.6 Å². The monoisotopic (exact) mass is 560 g/mol. The number of thiazole rings is 1. The lowest BCUT2D eigenvalue weighted by Gasteiger charge is -2.31. The van der Waals surface area contributed by atoms with Gasteiger partial charge in [-0.05, 0) is 19.8 Å². The number of alkyl halides is 3. The van der Waals surface area contributed by atoms with Gasteiger partial charge in [0.2, 0.25) is 21.9 Å². The number of nitrogens with one attached hydrogen (secondary N) is 1. The first-order valence-electron chi connectivity index (χ1n) is 11.0. The number of amides is 1. The summed E-state index contributed by atoms with van der Waals surface area (Å²) in [4.78, 5) is 23.0. The number of carbonyl (C=O) groups excluding carboxylic acids is 1. The number of nitrogens with zero attached hydrogens (tertiary/aromatic N) is 6. The molecule has 17 heteroatoms. The molecule has 4 heterocycles. The zero-order chi connectivity index (χ0) is 27.0. The summed E-state index contributed by atoms with van der Waals surface area (Å²) < 4.78 is 69.0. The fourth-order valence-electron chi connectivity index (χ4n) is 3.73. The van der Waals surface area contributed by atoms with Crippen LogP contribution < -0.4 is 11.1 Å². The number of hydrogen-bond acceptors (Lipinski definition) is 10. The number of rotatable bonds is 8. The predicted molar refractivity (Wildman–Crippen MR) is 126 cm³/mol. The smallest absolute Gasteiger partial charge is 0.386 e. The Labute approximate surface area is 213 Å². The Bertz CT molecular complexity index is 1380. The molecule has 0 spiro atoms. The van der Waals surface area contributed by atoms with E-state index in [0.29, 0.717) is 19.0 Å². The van der Waals surface area contributed by atoms with Gasteiger partial charge in [0.1, 0.15) is 28.1 Å². The van der Waals surface area contributed by atoms with Crippen LogP contribution in [0.2, 0.25) is 0 Å². The molecular formula is C20H23F3N8O4S2. The van der Waals surface area contributed by atoms with E-state index < -0.39 is 33.8 Å². The molecule has 1 aliphatic heterocycles. The number of primary amides is 1. The molecule has 0 saturated carbocycles. The molecule has 0 aliphatic carbocycles. The van der Waals surface area contributed by atoms with Crippen LogP contribution in [0, 0.1) is 0 Å². The summed E-state index contributed by atoms with van der Waals surface area (Å²) in [5.41, 5.74) is 3.71. The van der Waals surface area contributed by atoms with Crippen LogP contribution >= 0.6 is 11.3 Å². The third-order valence-corrected chi connectivity index (χ3v) is 8.59. The SMILES string of the molecule is CC(O)c1ncc(-c2nc(NC3CCN(S(=O)(=O)c4cnn(CC(N)=O)c4)CC3)ncc2C(F)(F)F)s1. The topological polar surface area (TPSA) is 169 Å². The lowest BCUT2D eigenvalue weighted by Crippen LogP contribution is -2.42. The summed E-state index contributed by atoms with van der Waals surface area (Å²) >= 11 is 0.900. The van der Waals surface area contributed by atoms with Gasteiger partial charge in [-0.2, -0.15) is 22.6 Å². The van der Waals surface area contributed by atoms with E-state index in [0.717, 1.165) is 22.2 Å². The molecule has 4 N–H and O–H groups in total. The van der Waals surface area contributed by atoms with Gasteiger partial charge in [-0.15, -0.1) is 11.3 Å². The molecule has 0 aromatic carbocycles. The van der Waals surface area contributed by atoms with Gasteiger partial charge in [0.25, 0.3) is 0 Å². The highest BCUT2D eigenvalue weighted by Crippen LogP contribution is 2.38. The molecule has 3 aromatic rings. The quantitative estimate of drug-likeness (QED) is 0.371. The zero-order valence-corrected chi connectivity index (χ0v) is 21.0. The van der Waals surface area contributed by atoms with Crippen LogP contribution in [-0.2, 0) is 27.5 Å². The molecular weight excluding hydrogens is 537 g/mol. The van der Waals surface area contributed by atoms with Crippen molar-refractivity contribution in [2.45, 2.75) is 49.5 Å². The molecule has 12 nitrogen and oxygen atoms in total. The van der Waals surface area contributed by atoms with Crippen molar-refractivity contribution in [3.8, 4) is 10.6 Å². The van der Waals surface area contributed by atoms with Crippen LogP contribution in [0.25, 0.3) is 10.6 Å². The summed E-state index contributed by atoms with van der Waals surface area (Å²) in [7, 11) is -3.85. The second-order valence-electron chi connectivity index (χ2n) is 8.36. The summed E-state index contributed by atoms with van der Waals surface area (Å²) in [6.07, 6.45) is -0.659. The molecule has 4 rings (SSSR count). The van der Waals surface area contributed by atoms with Crippen molar-refractivity contribution in [3.63, 3.8) is 0 Å². The summed E-state index contributed by atoms with van der Waals surface area (Å²) in [6.45, 7) is 1.49. The van der Waals surface area contributed by atoms with Crippen molar-refractivity contribution in [1.29, 1.82) is 0 Å². The minimum absolute atomic E-state index is 0.0379. The second-order valence-corrected chi connectivity index (χ2v) is 11.4. The Morgan fingerprint density at radius 2 is 1.97 bits per heavy atom. The van der Waals surface area contributed by atoms with Gasteiger partial charge in [-0.1, -0.05) is 0 Å². The highest BCUT2D eigenvalue weighted by atomic mass is 32.2. The maximum absolute atomic E-state index is 13.6. The van der Waals surface area contributed by atoms with Gasteiger partial charge in [0.15, 0.2) is 0 Å². The number of carbonyl (C=O) groups is 1. The molecule has 1 fully saturated rings. The molecule has 1 aliphatic rings. The molecule has 1 saturated heterocycles. The standard InChI is InChI=1S/C20H23F3N8O4S2/c1-11(32)18-25-8-15(36-18)17-14(20(21,22)23)7-26-19(29-17)28-12-2-4-31(5-3-12)37(34,35)13-6-27-30(9-13)10-16(24)33/h6-9,11-12,32H,2-5,10H2,1H3,(H2,24,33)(H,26,28,29). The Hall–Kier alpha value is -3.15. The van der Waals surface area contributed by atoms with Crippen molar-refractivity contribution < 1.29 is 31.5 Å². The van der Waals surface area contributed by atoms with Crippen molar-refractivity contribution in [2.75, 3.05) is 18.4 Å². The first-order chi connectivity index (χ1) is 17.3. The van der Waals surface area contributed by atoms with Gasteiger partial charge in [-0.25, -0.2) is 23.4 Å². The minimum atomic E-state index is -4.70. The number of aliphatic hydroxyl groups excluding tert-OH is 1. The molecule has 200 valence electrons. The van der Waals surface area contributed by atoms with Gasteiger partial charge in [0, 0.05) is 37.7 Å². The van der Waals surface area contributed by atoms with E-state index in [4.69, 9.17) is 5.73 Å². The normalized spacial score (nSPS) is 16.6. The molecule has 1 unspecified atom stereocenters. The molecule has 1 atom stereocenters. The third-order valence-electron chi connectivity index (χ3n) is 5.56. The summed E-state index contributed by atoms with van der Waals surface area (Å²) in [5.74, 6) is -0.699. The Morgan fingerprint density at radius 3 is 2.57 bits per heavy atom. The van der Waals surface area contributed by atoms with E-state index in [-0.39, 0.29) is 52.1 Å². The lowest BCUT2D eigenvalue weighted by atomic mass is 10.1. The number of halogens is 3. The molecule has 0 bridgehead atoms. The largest absolute Gasteiger partial charge is 0.420 e. The van der Waals surface area contributed by atoms with Crippen molar-refractivity contribution in [2.24, 2.45) is 5.73 Å². The van der Waals surface area contributed by atoms with E-state index in [2.05, 4.69) is 25.4 Å². The van der Waals surface area contributed by atoms with Crippen LogP contribution in [0.5, 0.6) is 0 Å².